The van der Waals surface area contributed by atoms with Crippen LogP contribution in [0.25, 0.3) is 23.0 Å². The summed E-state index contributed by atoms with van der Waals surface area (Å²) >= 11 is 0. The van der Waals surface area contributed by atoms with Gasteiger partial charge >= 0.3 is 6.03 Å². The van der Waals surface area contributed by atoms with Crippen molar-refractivity contribution in [1.29, 1.82) is 0 Å². The average Bonchev–Trinajstić information content (AvgIpc) is 3.12. The van der Waals surface area contributed by atoms with E-state index < -0.39 is 0 Å². The lowest BCUT2D eigenvalue weighted by Gasteiger charge is -2.12. The molecule has 2 heterocycles. The second-order valence-corrected chi connectivity index (χ2v) is 5.63. The Morgan fingerprint density at radius 1 is 1.24 bits per heavy atom. The predicted molar refractivity (Wildman–Crippen MR) is 94.9 cm³/mol. The maximum absolute atomic E-state index is 11.9. The molecule has 0 aliphatic carbocycles. The Morgan fingerprint density at radius 2 is 2.12 bits per heavy atom. The Labute approximate surface area is 145 Å². The number of rotatable bonds is 5. The van der Waals surface area contributed by atoms with Gasteiger partial charge in [-0.2, -0.15) is 4.98 Å². The smallest absolute Gasteiger partial charge is 0.319 e. The number of carbonyl (C=O) groups excluding carboxylic acids is 1. The van der Waals surface area contributed by atoms with Crippen molar-refractivity contribution in [2.45, 2.75) is 26.3 Å². The van der Waals surface area contributed by atoms with Crippen LogP contribution >= 0.6 is 0 Å². The number of nitrogens with zero attached hydrogens (tertiary/aromatic N) is 3. The molecule has 0 unspecified atom stereocenters. The molecule has 0 bridgehead atoms. The van der Waals surface area contributed by atoms with Gasteiger partial charge in [0.1, 0.15) is 5.69 Å². The fraction of sp³-hybridized carbons (Fsp3) is 0.222. The van der Waals surface area contributed by atoms with Crippen LogP contribution < -0.4 is 10.6 Å². The first-order chi connectivity index (χ1) is 12.2. The van der Waals surface area contributed by atoms with Gasteiger partial charge in [-0.25, -0.2) is 4.79 Å². The van der Waals surface area contributed by atoms with E-state index in [0.717, 1.165) is 12.0 Å². The topological polar surface area (TPSA) is 92.9 Å². The first-order valence-corrected chi connectivity index (χ1v) is 8.08. The van der Waals surface area contributed by atoms with Crippen molar-refractivity contribution in [3.63, 3.8) is 0 Å². The molecule has 1 aromatic carbocycles. The molecule has 2 N–H and O–H groups in total. The quantitative estimate of drug-likeness (QED) is 0.740. The van der Waals surface area contributed by atoms with E-state index >= 15 is 0 Å². The largest absolute Gasteiger partial charge is 0.335 e. The molecule has 1 atom stereocenters. The molecule has 128 valence electrons. The highest BCUT2D eigenvalue weighted by atomic mass is 16.5. The molecule has 3 rings (SSSR count). The van der Waals surface area contributed by atoms with E-state index in [1.54, 1.807) is 24.4 Å². The maximum atomic E-state index is 11.9. The van der Waals surface area contributed by atoms with Gasteiger partial charge in [-0.3, -0.25) is 4.98 Å². The standard InChI is InChI=1S/C18H19N5O2/c1-3-12(2)20-18(24)21-14-8-6-7-13(11-14)16-22-17(25-23-16)15-9-4-5-10-19-15/h4-12H,3H2,1-2H3,(H2,20,21,24)/t12-/m1/s1. The summed E-state index contributed by atoms with van der Waals surface area (Å²) in [5.41, 5.74) is 2.01. The number of urea groups is 1. The van der Waals surface area contributed by atoms with Crippen molar-refractivity contribution in [2.75, 3.05) is 5.32 Å². The summed E-state index contributed by atoms with van der Waals surface area (Å²) in [5, 5.41) is 9.65. The molecule has 7 nitrogen and oxygen atoms in total. The Bertz CT molecular complexity index is 847. The summed E-state index contributed by atoms with van der Waals surface area (Å²) < 4.78 is 5.27. The number of carbonyl (C=O) groups is 1. The minimum atomic E-state index is -0.242. The lowest BCUT2D eigenvalue weighted by molar-refractivity contribution is 0.249. The molecule has 0 radical (unpaired) electrons. The van der Waals surface area contributed by atoms with Gasteiger partial charge in [-0.15, -0.1) is 0 Å². The Morgan fingerprint density at radius 3 is 2.88 bits per heavy atom. The molecule has 7 heteroatoms. The average molecular weight is 337 g/mol. The molecule has 0 fully saturated rings. The third kappa shape index (κ3) is 4.20. The van der Waals surface area contributed by atoms with Crippen molar-refractivity contribution in [3.8, 4) is 23.0 Å². The van der Waals surface area contributed by atoms with Crippen molar-refractivity contribution in [3.05, 3.63) is 48.7 Å². The molecule has 25 heavy (non-hydrogen) atoms. The molecule has 2 amide bonds. The van der Waals surface area contributed by atoms with Crippen LogP contribution in [-0.2, 0) is 0 Å². The highest BCUT2D eigenvalue weighted by molar-refractivity contribution is 5.90. The fourth-order valence-corrected chi connectivity index (χ4v) is 2.16. The summed E-state index contributed by atoms with van der Waals surface area (Å²) in [6.07, 6.45) is 2.53. The zero-order valence-electron chi connectivity index (χ0n) is 14.1. The molecular formula is C18H19N5O2. The lowest BCUT2D eigenvalue weighted by atomic mass is 10.2. The van der Waals surface area contributed by atoms with Crippen molar-refractivity contribution in [1.82, 2.24) is 20.4 Å². The Balaban J connectivity index is 1.76. The van der Waals surface area contributed by atoms with Gasteiger partial charge in [0.15, 0.2) is 0 Å². The van der Waals surface area contributed by atoms with Crippen molar-refractivity contribution < 1.29 is 9.32 Å². The van der Waals surface area contributed by atoms with Gasteiger partial charge in [0.25, 0.3) is 5.89 Å². The minimum Gasteiger partial charge on any atom is -0.335 e. The second-order valence-electron chi connectivity index (χ2n) is 5.63. The highest BCUT2D eigenvalue weighted by Gasteiger charge is 2.12. The van der Waals surface area contributed by atoms with Crippen LogP contribution in [0.15, 0.2) is 53.2 Å². The Kier molecular flexibility index (Phi) is 5.03. The third-order valence-corrected chi connectivity index (χ3v) is 3.68. The van der Waals surface area contributed by atoms with E-state index in [1.807, 2.05) is 38.1 Å². The molecule has 0 saturated carbocycles. The predicted octanol–water partition coefficient (Wildman–Crippen LogP) is 3.72. The number of nitrogens with one attached hydrogen (secondary N) is 2. The number of amides is 2. The number of hydrogen-bond acceptors (Lipinski definition) is 5. The zero-order chi connectivity index (χ0) is 17.6. The van der Waals surface area contributed by atoms with Crippen LogP contribution in [0.4, 0.5) is 10.5 Å². The lowest BCUT2D eigenvalue weighted by Crippen LogP contribution is -2.35. The molecule has 0 aliphatic rings. The monoisotopic (exact) mass is 337 g/mol. The highest BCUT2D eigenvalue weighted by Crippen LogP contribution is 2.23. The minimum absolute atomic E-state index is 0.112. The molecule has 3 aromatic rings. The van der Waals surface area contributed by atoms with Crippen LogP contribution in [0, 0.1) is 0 Å². The first-order valence-electron chi connectivity index (χ1n) is 8.08. The normalized spacial score (nSPS) is 11.8. The number of aromatic nitrogens is 3. The summed E-state index contributed by atoms with van der Waals surface area (Å²) in [6.45, 7) is 3.97. The number of anilines is 1. The van der Waals surface area contributed by atoms with E-state index in [1.165, 1.54) is 0 Å². The molecule has 2 aromatic heterocycles. The van der Waals surface area contributed by atoms with E-state index in [0.29, 0.717) is 23.1 Å². The van der Waals surface area contributed by atoms with Crippen molar-refractivity contribution in [2.24, 2.45) is 0 Å². The van der Waals surface area contributed by atoms with Gasteiger partial charge in [0, 0.05) is 23.5 Å². The summed E-state index contributed by atoms with van der Waals surface area (Å²) in [6, 6.07) is 12.6. The summed E-state index contributed by atoms with van der Waals surface area (Å²) in [5.74, 6) is 0.787. The third-order valence-electron chi connectivity index (χ3n) is 3.68. The number of benzene rings is 1. The Hall–Kier alpha value is -3.22. The molecular weight excluding hydrogens is 318 g/mol. The first kappa shape index (κ1) is 16.6. The van der Waals surface area contributed by atoms with E-state index in [2.05, 4.69) is 25.8 Å². The van der Waals surface area contributed by atoms with Crippen LogP contribution in [0.5, 0.6) is 0 Å². The SMILES string of the molecule is CC[C@@H](C)NC(=O)Nc1cccc(-c2noc(-c3ccccn3)n2)c1. The van der Waals surface area contributed by atoms with E-state index in [-0.39, 0.29) is 12.1 Å². The van der Waals surface area contributed by atoms with Crippen LogP contribution in [0.3, 0.4) is 0 Å². The molecule has 0 spiro atoms. The maximum Gasteiger partial charge on any atom is 0.319 e. The van der Waals surface area contributed by atoms with Gasteiger partial charge in [0.05, 0.1) is 0 Å². The zero-order valence-corrected chi connectivity index (χ0v) is 14.1. The summed E-state index contributed by atoms with van der Waals surface area (Å²) in [4.78, 5) is 20.5. The fourth-order valence-electron chi connectivity index (χ4n) is 2.16. The molecule has 0 aliphatic heterocycles. The van der Waals surface area contributed by atoms with Gasteiger partial charge in [0.2, 0.25) is 5.82 Å². The van der Waals surface area contributed by atoms with Gasteiger partial charge in [-0.1, -0.05) is 30.3 Å². The number of pyridine rings is 1. The van der Waals surface area contributed by atoms with Crippen LogP contribution in [-0.4, -0.2) is 27.2 Å². The van der Waals surface area contributed by atoms with Crippen molar-refractivity contribution >= 4 is 11.7 Å². The van der Waals surface area contributed by atoms with E-state index in [9.17, 15) is 4.79 Å². The van der Waals surface area contributed by atoms with Crippen LogP contribution in [0.2, 0.25) is 0 Å². The van der Waals surface area contributed by atoms with E-state index in [4.69, 9.17) is 4.52 Å². The number of hydrogen-bond donors (Lipinski definition) is 2. The summed E-state index contributed by atoms with van der Waals surface area (Å²) in [7, 11) is 0. The van der Waals surface area contributed by atoms with Crippen LogP contribution in [0.1, 0.15) is 20.3 Å². The van der Waals surface area contributed by atoms with Gasteiger partial charge in [-0.05, 0) is 37.6 Å². The molecule has 0 saturated heterocycles. The van der Waals surface area contributed by atoms with Gasteiger partial charge < -0.3 is 15.2 Å². The second kappa shape index (κ2) is 7.57.